The van der Waals surface area contributed by atoms with E-state index in [1.165, 1.54) is 6.42 Å². The molecule has 1 aliphatic heterocycles. The van der Waals surface area contributed by atoms with Crippen molar-refractivity contribution in [1.82, 2.24) is 0 Å². The van der Waals surface area contributed by atoms with Crippen molar-refractivity contribution >= 4 is 11.7 Å². The molecule has 1 fully saturated rings. The van der Waals surface area contributed by atoms with Gasteiger partial charge in [0.15, 0.2) is 0 Å². The predicted molar refractivity (Wildman–Crippen MR) is 70.2 cm³/mol. The van der Waals surface area contributed by atoms with Crippen molar-refractivity contribution in [2.45, 2.75) is 24.7 Å². The molecule has 1 aliphatic carbocycles. The molecule has 1 aromatic carbocycles. The number of anilines is 1. The molecule has 3 rings (SSSR count). The van der Waals surface area contributed by atoms with E-state index in [2.05, 4.69) is 4.90 Å². The summed E-state index contributed by atoms with van der Waals surface area (Å²) >= 11 is 0. The molecule has 1 aromatic rings. The molecule has 0 atom stereocenters. The average molecular weight is 246 g/mol. The molecule has 3 N–H and O–H groups in total. The third-order valence-corrected chi connectivity index (χ3v) is 4.35. The Balaban J connectivity index is 2.12. The van der Waals surface area contributed by atoms with Crippen LogP contribution in [-0.2, 0) is 5.41 Å². The van der Waals surface area contributed by atoms with E-state index < -0.39 is 5.97 Å². The molecule has 0 radical (unpaired) electrons. The Morgan fingerprint density at radius 1 is 1.44 bits per heavy atom. The largest absolute Gasteiger partial charge is 0.478 e. The number of hydrogen-bond donors (Lipinski definition) is 2. The molecular formula is C14H18N2O2. The number of nitrogens with two attached hydrogens (primary N) is 1. The topological polar surface area (TPSA) is 66.6 Å². The van der Waals surface area contributed by atoms with Crippen LogP contribution < -0.4 is 10.6 Å². The normalized spacial score (nSPS) is 19.7. The van der Waals surface area contributed by atoms with Crippen molar-refractivity contribution in [2.24, 2.45) is 5.73 Å². The molecule has 1 spiro atoms. The Kier molecular flexibility index (Phi) is 2.55. The van der Waals surface area contributed by atoms with Gasteiger partial charge in [-0.2, -0.15) is 0 Å². The van der Waals surface area contributed by atoms with Gasteiger partial charge >= 0.3 is 5.97 Å². The van der Waals surface area contributed by atoms with Crippen LogP contribution in [0.15, 0.2) is 18.2 Å². The van der Waals surface area contributed by atoms with Gasteiger partial charge < -0.3 is 15.7 Å². The van der Waals surface area contributed by atoms with Crippen LogP contribution in [-0.4, -0.2) is 30.7 Å². The minimum atomic E-state index is -0.812. The molecule has 0 unspecified atom stereocenters. The van der Waals surface area contributed by atoms with E-state index in [1.807, 2.05) is 12.1 Å². The van der Waals surface area contributed by atoms with Gasteiger partial charge in [-0.1, -0.05) is 12.5 Å². The highest BCUT2D eigenvalue weighted by atomic mass is 16.4. The van der Waals surface area contributed by atoms with Crippen molar-refractivity contribution in [3.63, 3.8) is 0 Å². The zero-order valence-corrected chi connectivity index (χ0v) is 10.4. The van der Waals surface area contributed by atoms with Crippen molar-refractivity contribution in [2.75, 3.05) is 24.5 Å². The number of benzene rings is 1. The first kappa shape index (κ1) is 11.5. The summed E-state index contributed by atoms with van der Waals surface area (Å²) in [6.07, 6.45) is 3.40. The lowest BCUT2D eigenvalue weighted by atomic mass is 9.64. The molecule has 4 nitrogen and oxygen atoms in total. The van der Waals surface area contributed by atoms with E-state index in [4.69, 9.17) is 5.73 Å². The third-order valence-electron chi connectivity index (χ3n) is 4.35. The summed E-state index contributed by atoms with van der Waals surface area (Å²) in [5.74, 6) is -0.812. The van der Waals surface area contributed by atoms with Gasteiger partial charge in [0.25, 0.3) is 0 Å². The fourth-order valence-electron chi connectivity index (χ4n) is 3.44. The molecule has 1 saturated carbocycles. The zero-order chi connectivity index (χ0) is 12.8. The maximum Gasteiger partial charge on any atom is 0.336 e. The minimum absolute atomic E-state index is 0.0828. The molecule has 96 valence electrons. The van der Waals surface area contributed by atoms with Gasteiger partial charge in [0.1, 0.15) is 0 Å². The Hall–Kier alpha value is -1.55. The number of carboxylic acids is 1. The molecule has 0 aromatic heterocycles. The Morgan fingerprint density at radius 2 is 2.22 bits per heavy atom. The first-order valence-electron chi connectivity index (χ1n) is 6.50. The molecule has 0 saturated heterocycles. The van der Waals surface area contributed by atoms with Gasteiger partial charge in [-0.15, -0.1) is 0 Å². The summed E-state index contributed by atoms with van der Waals surface area (Å²) < 4.78 is 0. The van der Waals surface area contributed by atoms with Crippen molar-refractivity contribution in [1.29, 1.82) is 0 Å². The Bertz CT molecular complexity index is 495. The second kappa shape index (κ2) is 3.99. The van der Waals surface area contributed by atoms with Crippen LogP contribution in [0.3, 0.4) is 0 Å². The number of carboxylic acid groups (broad SMARTS) is 1. The number of carbonyl (C=O) groups is 1. The first-order chi connectivity index (χ1) is 8.68. The maximum absolute atomic E-state index is 11.4. The van der Waals surface area contributed by atoms with Crippen molar-refractivity contribution in [3.8, 4) is 0 Å². The molecule has 18 heavy (non-hydrogen) atoms. The van der Waals surface area contributed by atoms with Gasteiger partial charge in [-0.3, -0.25) is 0 Å². The molecular weight excluding hydrogens is 228 g/mol. The van der Waals surface area contributed by atoms with E-state index >= 15 is 0 Å². The highest BCUT2D eigenvalue weighted by Crippen LogP contribution is 2.53. The number of fused-ring (bicyclic) bond motifs is 2. The summed E-state index contributed by atoms with van der Waals surface area (Å²) in [4.78, 5) is 13.7. The van der Waals surface area contributed by atoms with Gasteiger partial charge in [0.2, 0.25) is 0 Å². The fourth-order valence-corrected chi connectivity index (χ4v) is 3.44. The number of nitrogens with zero attached hydrogens (tertiary/aromatic N) is 1. The predicted octanol–water partition coefficient (Wildman–Crippen LogP) is 1.59. The monoisotopic (exact) mass is 246 g/mol. The lowest BCUT2D eigenvalue weighted by molar-refractivity contribution is 0.0692. The molecule has 1 heterocycles. The van der Waals surface area contributed by atoms with Gasteiger partial charge in [-0.05, 0) is 30.5 Å². The summed E-state index contributed by atoms with van der Waals surface area (Å²) in [6, 6.07) is 5.60. The second-order valence-electron chi connectivity index (χ2n) is 5.35. The fraction of sp³-hybridized carbons (Fsp3) is 0.500. The minimum Gasteiger partial charge on any atom is -0.478 e. The third kappa shape index (κ3) is 1.45. The van der Waals surface area contributed by atoms with Gasteiger partial charge in [0, 0.05) is 30.7 Å². The Labute approximate surface area is 106 Å². The SMILES string of the molecule is NCCN1CC2(CCC2)c2c(C(=O)O)cccc21. The average Bonchev–Trinajstić information content (AvgIpc) is 2.64. The van der Waals surface area contributed by atoms with E-state index in [-0.39, 0.29) is 5.41 Å². The first-order valence-corrected chi connectivity index (χ1v) is 6.50. The number of hydrogen-bond acceptors (Lipinski definition) is 3. The highest BCUT2D eigenvalue weighted by molar-refractivity contribution is 5.93. The van der Waals surface area contributed by atoms with Crippen LogP contribution in [0.1, 0.15) is 35.2 Å². The zero-order valence-electron chi connectivity index (χ0n) is 10.4. The number of rotatable bonds is 3. The quantitative estimate of drug-likeness (QED) is 0.850. The summed E-state index contributed by atoms with van der Waals surface area (Å²) in [5, 5.41) is 9.37. The number of aromatic carboxylic acids is 1. The summed E-state index contributed by atoms with van der Waals surface area (Å²) in [6.45, 7) is 2.34. The summed E-state index contributed by atoms with van der Waals surface area (Å²) in [5.41, 5.74) is 8.35. The van der Waals surface area contributed by atoms with Crippen molar-refractivity contribution < 1.29 is 9.90 Å². The van der Waals surface area contributed by atoms with Gasteiger partial charge in [0.05, 0.1) is 5.56 Å². The van der Waals surface area contributed by atoms with Crippen LogP contribution in [0.2, 0.25) is 0 Å². The second-order valence-corrected chi connectivity index (χ2v) is 5.35. The summed E-state index contributed by atoms with van der Waals surface area (Å²) in [7, 11) is 0. The van der Waals surface area contributed by atoms with Crippen LogP contribution in [0.25, 0.3) is 0 Å². The van der Waals surface area contributed by atoms with Crippen molar-refractivity contribution in [3.05, 3.63) is 29.3 Å². The highest BCUT2D eigenvalue weighted by Gasteiger charge is 2.48. The molecule has 4 heteroatoms. The van der Waals surface area contributed by atoms with Gasteiger partial charge in [-0.25, -0.2) is 4.79 Å². The van der Waals surface area contributed by atoms with E-state index in [1.54, 1.807) is 6.07 Å². The Morgan fingerprint density at radius 3 is 2.78 bits per heavy atom. The van der Waals surface area contributed by atoms with Crippen LogP contribution in [0, 0.1) is 0 Å². The molecule has 0 amide bonds. The molecule has 2 aliphatic rings. The van der Waals surface area contributed by atoms with Crippen LogP contribution in [0.4, 0.5) is 5.69 Å². The molecule has 0 bridgehead atoms. The smallest absolute Gasteiger partial charge is 0.336 e. The maximum atomic E-state index is 11.4. The van der Waals surface area contributed by atoms with Crippen LogP contribution >= 0.6 is 0 Å². The van der Waals surface area contributed by atoms with E-state index in [0.29, 0.717) is 12.1 Å². The van der Waals surface area contributed by atoms with E-state index in [0.717, 1.165) is 37.2 Å². The lowest BCUT2D eigenvalue weighted by Crippen LogP contribution is -2.41. The van der Waals surface area contributed by atoms with E-state index in [9.17, 15) is 9.90 Å². The standard InChI is InChI=1S/C14H18N2O2/c15-7-8-16-9-14(5-2-6-14)12-10(13(17)18)3-1-4-11(12)16/h1,3-4H,2,5-9,15H2,(H,17,18). The lowest BCUT2D eigenvalue weighted by Gasteiger charge is -2.39. The van der Waals surface area contributed by atoms with Crippen LogP contribution in [0.5, 0.6) is 0 Å².